The maximum Gasteiger partial charge on any atom is 0.345 e. The molecule has 0 fully saturated rings. The Morgan fingerprint density at radius 1 is 1.33 bits per heavy atom. The molecule has 0 aliphatic rings. The first-order valence-corrected chi connectivity index (χ1v) is 7.11. The van der Waals surface area contributed by atoms with Crippen LogP contribution in [-0.2, 0) is 13.6 Å². The third-order valence-corrected chi connectivity index (χ3v) is 3.40. The summed E-state index contributed by atoms with van der Waals surface area (Å²) in [5, 5.41) is 7.58. The van der Waals surface area contributed by atoms with Gasteiger partial charge in [-0.3, -0.25) is 4.57 Å². The van der Waals surface area contributed by atoms with Gasteiger partial charge in [-0.25, -0.2) is 9.48 Å². The Morgan fingerprint density at radius 2 is 2.05 bits per heavy atom. The zero-order valence-corrected chi connectivity index (χ0v) is 12.7. The molecule has 0 saturated carbocycles. The standard InChI is InChI=1S/C15H22N4O2/c1-4-9-16-14(10-19-15(20)18(2)11-17-19)12-5-7-13(21-3)8-6-12/h5-8,11,14,16H,4,9-10H2,1-3H3. The average molecular weight is 290 g/mol. The van der Waals surface area contributed by atoms with Crippen molar-refractivity contribution in [3.05, 3.63) is 46.6 Å². The first kappa shape index (κ1) is 15.3. The second-order valence-corrected chi connectivity index (χ2v) is 4.99. The Kier molecular flexibility index (Phi) is 5.16. The fraction of sp³-hybridized carbons (Fsp3) is 0.467. The Balaban J connectivity index is 2.20. The lowest BCUT2D eigenvalue weighted by Crippen LogP contribution is -2.32. The molecule has 1 atom stereocenters. The first-order chi connectivity index (χ1) is 10.2. The maximum atomic E-state index is 11.9. The van der Waals surface area contributed by atoms with Crippen LogP contribution in [0.2, 0.25) is 0 Å². The predicted octanol–water partition coefficient (Wildman–Crippen LogP) is 1.33. The highest BCUT2D eigenvalue weighted by molar-refractivity contribution is 5.29. The maximum absolute atomic E-state index is 11.9. The molecule has 0 aliphatic heterocycles. The summed E-state index contributed by atoms with van der Waals surface area (Å²) in [4.78, 5) is 11.9. The van der Waals surface area contributed by atoms with Crippen LogP contribution in [0.1, 0.15) is 24.9 Å². The minimum Gasteiger partial charge on any atom is -0.497 e. The highest BCUT2D eigenvalue weighted by Gasteiger charge is 2.14. The third kappa shape index (κ3) is 3.72. The normalized spacial score (nSPS) is 12.3. The zero-order chi connectivity index (χ0) is 15.2. The number of methoxy groups -OCH3 is 1. The molecule has 1 aromatic carbocycles. The summed E-state index contributed by atoms with van der Waals surface area (Å²) in [5.74, 6) is 0.822. The molecule has 1 heterocycles. The van der Waals surface area contributed by atoms with Crippen molar-refractivity contribution < 1.29 is 4.74 Å². The number of benzene rings is 1. The number of aryl methyl sites for hydroxylation is 1. The van der Waals surface area contributed by atoms with Gasteiger partial charge in [0.25, 0.3) is 0 Å². The van der Waals surface area contributed by atoms with Gasteiger partial charge < -0.3 is 10.1 Å². The van der Waals surface area contributed by atoms with Gasteiger partial charge in [0.15, 0.2) is 0 Å². The van der Waals surface area contributed by atoms with Gasteiger partial charge in [-0.05, 0) is 30.7 Å². The minimum absolute atomic E-state index is 0.0449. The SMILES string of the molecule is CCCNC(Cn1ncn(C)c1=O)c1ccc(OC)cc1. The third-order valence-electron chi connectivity index (χ3n) is 3.40. The second kappa shape index (κ2) is 7.08. The number of aromatic nitrogens is 3. The van der Waals surface area contributed by atoms with E-state index in [1.165, 1.54) is 15.6 Å². The fourth-order valence-corrected chi connectivity index (χ4v) is 2.16. The van der Waals surface area contributed by atoms with Crippen molar-refractivity contribution in [3.8, 4) is 5.75 Å². The van der Waals surface area contributed by atoms with Gasteiger partial charge in [0, 0.05) is 7.05 Å². The molecule has 114 valence electrons. The van der Waals surface area contributed by atoms with Gasteiger partial charge in [0.1, 0.15) is 12.1 Å². The lowest BCUT2D eigenvalue weighted by molar-refractivity contribution is 0.411. The lowest BCUT2D eigenvalue weighted by atomic mass is 10.1. The number of rotatable bonds is 7. The summed E-state index contributed by atoms with van der Waals surface area (Å²) >= 11 is 0. The molecule has 21 heavy (non-hydrogen) atoms. The van der Waals surface area contributed by atoms with E-state index in [1.807, 2.05) is 24.3 Å². The van der Waals surface area contributed by atoms with Crippen LogP contribution in [-0.4, -0.2) is 28.0 Å². The molecule has 0 saturated heterocycles. The van der Waals surface area contributed by atoms with Crippen LogP contribution < -0.4 is 15.7 Å². The van der Waals surface area contributed by atoms with Crippen molar-refractivity contribution in [2.75, 3.05) is 13.7 Å². The fourth-order valence-electron chi connectivity index (χ4n) is 2.16. The van der Waals surface area contributed by atoms with Crippen LogP contribution in [0.4, 0.5) is 0 Å². The van der Waals surface area contributed by atoms with E-state index in [1.54, 1.807) is 14.2 Å². The van der Waals surface area contributed by atoms with Crippen LogP contribution in [0.25, 0.3) is 0 Å². The number of hydrogen-bond acceptors (Lipinski definition) is 4. The van der Waals surface area contributed by atoms with Crippen molar-refractivity contribution in [2.45, 2.75) is 25.9 Å². The Hall–Kier alpha value is -2.08. The molecular weight excluding hydrogens is 268 g/mol. The van der Waals surface area contributed by atoms with Crippen molar-refractivity contribution in [3.63, 3.8) is 0 Å². The van der Waals surface area contributed by atoms with Gasteiger partial charge in [-0.2, -0.15) is 5.10 Å². The molecule has 6 heteroatoms. The molecule has 0 amide bonds. The van der Waals surface area contributed by atoms with Gasteiger partial charge in [0.05, 0.1) is 19.7 Å². The molecule has 1 N–H and O–H groups in total. The second-order valence-electron chi connectivity index (χ2n) is 4.99. The highest BCUT2D eigenvalue weighted by Crippen LogP contribution is 2.18. The van der Waals surface area contributed by atoms with Crippen LogP contribution >= 0.6 is 0 Å². The van der Waals surface area contributed by atoms with E-state index >= 15 is 0 Å². The van der Waals surface area contributed by atoms with Crippen molar-refractivity contribution in [1.82, 2.24) is 19.7 Å². The molecule has 0 aliphatic carbocycles. The summed E-state index contributed by atoms with van der Waals surface area (Å²) in [5.41, 5.74) is 1.01. The molecule has 0 radical (unpaired) electrons. The smallest absolute Gasteiger partial charge is 0.345 e. The number of nitrogens with one attached hydrogen (secondary N) is 1. The predicted molar refractivity (Wildman–Crippen MR) is 81.5 cm³/mol. The molecular formula is C15H22N4O2. The van der Waals surface area contributed by atoms with Crippen molar-refractivity contribution in [1.29, 1.82) is 0 Å². The highest BCUT2D eigenvalue weighted by atomic mass is 16.5. The van der Waals surface area contributed by atoms with E-state index in [4.69, 9.17) is 4.74 Å². The van der Waals surface area contributed by atoms with E-state index in [0.29, 0.717) is 6.54 Å². The quantitative estimate of drug-likeness (QED) is 0.836. The summed E-state index contributed by atoms with van der Waals surface area (Å²) in [7, 11) is 3.35. The summed E-state index contributed by atoms with van der Waals surface area (Å²) in [6.07, 6.45) is 2.57. The molecule has 0 spiro atoms. The molecule has 6 nitrogen and oxygen atoms in total. The molecule has 2 aromatic rings. The first-order valence-electron chi connectivity index (χ1n) is 7.11. The molecule has 0 bridgehead atoms. The van der Waals surface area contributed by atoms with E-state index in [-0.39, 0.29) is 11.7 Å². The zero-order valence-electron chi connectivity index (χ0n) is 12.7. The van der Waals surface area contributed by atoms with Crippen LogP contribution in [0.3, 0.4) is 0 Å². The van der Waals surface area contributed by atoms with E-state index < -0.39 is 0 Å². The minimum atomic E-state index is -0.105. The van der Waals surface area contributed by atoms with Crippen LogP contribution in [0.15, 0.2) is 35.4 Å². The van der Waals surface area contributed by atoms with Gasteiger partial charge in [-0.15, -0.1) is 0 Å². The summed E-state index contributed by atoms with van der Waals surface area (Å²) in [6, 6.07) is 7.93. The van der Waals surface area contributed by atoms with E-state index in [2.05, 4.69) is 17.3 Å². The van der Waals surface area contributed by atoms with Crippen molar-refractivity contribution >= 4 is 0 Å². The molecule has 1 unspecified atom stereocenters. The Bertz CT molecular complexity index is 615. The number of hydrogen-bond donors (Lipinski definition) is 1. The Labute approximate surface area is 124 Å². The molecule has 1 aromatic heterocycles. The Morgan fingerprint density at radius 3 is 2.57 bits per heavy atom. The topological polar surface area (TPSA) is 61.1 Å². The van der Waals surface area contributed by atoms with Crippen LogP contribution in [0, 0.1) is 0 Å². The summed E-state index contributed by atoms with van der Waals surface area (Å²) in [6.45, 7) is 3.51. The van der Waals surface area contributed by atoms with Crippen LogP contribution in [0.5, 0.6) is 5.75 Å². The lowest BCUT2D eigenvalue weighted by Gasteiger charge is -2.18. The van der Waals surface area contributed by atoms with Crippen molar-refractivity contribution in [2.24, 2.45) is 7.05 Å². The molecule has 2 rings (SSSR count). The van der Waals surface area contributed by atoms with Gasteiger partial charge >= 0.3 is 5.69 Å². The van der Waals surface area contributed by atoms with E-state index in [0.717, 1.165) is 24.3 Å². The van der Waals surface area contributed by atoms with E-state index in [9.17, 15) is 4.79 Å². The number of ether oxygens (including phenoxy) is 1. The van der Waals surface area contributed by atoms with Gasteiger partial charge in [-0.1, -0.05) is 19.1 Å². The average Bonchev–Trinajstić information content (AvgIpc) is 2.83. The number of nitrogens with zero attached hydrogens (tertiary/aromatic N) is 3. The van der Waals surface area contributed by atoms with Gasteiger partial charge in [0.2, 0.25) is 0 Å². The monoisotopic (exact) mass is 290 g/mol. The largest absolute Gasteiger partial charge is 0.497 e. The summed E-state index contributed by atoms with van der Waals surface area (Å²) < 4.78 is 8.14.